The molecule has 1 saturated heterocycles. The summed E-state index contributed by atoms with van der Waals surface area (Å²) in [4.78, 5) is 169. The van der Waals surface area contributed by atoms with Crippen molar-refractivity contribution in [2.75, 3.05) is 92.1 Å². The van der Waals surface area contributed by atoms with Gasteiger partial charge in [0.05, 0.1) is 6.04 Å². The second kappa shape index (κ2) is 56.1. The van der Waals surface area contributed by atoms with Crippen LogP contribution in [0.2, 0.25) is 0 Å². The van der Waals surface area contributed by atoms with Gasteiger partial charge >= 0.3 is 78.3 Å². The summed E-state index contributed by atoms with van der Waals surface area (Å²) in [5.41, 5.74) is 11.5. The van der Waals surface area contributed by atoms with E-state index in [1.54, 1.807) is 11.8 Å². The zero-order valence-corrected chi connectivity index (χ0v) is 66.0. The number of hydrogen-bond acceptors (Lipinski definition) is 15. The average Bonchev–Trinajstić information content (AvgIpc) is 1.72. The van der Waals surface area contributed by atoms with E-state index in [4.69, 9.17) is 11.5 Å². The first-order chi connectivity index (χ1) is 51.1. The van der Waals surface area contributed by atoms with Gasteiger partial charge in [0, 0.05) is 152 Å². The zero-order chi connectivity index (χ0) is 81.1. The molecule has 1 aliphatic rings. The molecule has 27 N–H and O–H groups in total. The van der Waals surface area contributed by atoms with Crippen molar-refractivity contribution in [1.29, 1.82) is 0 Å². The number of unbranched alkanes of at least 4 members (excludes halogenated alkanes) is 2. The minimum atomic E-state index is -1.12. The Balaban J connectivity index is 2.92. The summed E-state index contributed by atoms with van der Waals surface area (Å²) in [5, 5.41) is 77.4. The van der Waals surface area contributed by atoms with Gasteiger partial charge in [0.15, 0.2) is 0 Å². The van der Waals surface area contributed by atoms with Crippen molar-refractivity contribution in [3.8, 4) is 0 Å². The number of likely N-dealkylation sites (tertiary alicyclic amines) is 1. The van der Waals surface area contributed by atoms with Gasteiger partial charge in [0.2, 0.25) is 0 Å². The Kier molecular flexibility index (Phi) is 50.3. The maximum atomic E-state index is 13.8. The van der Waals surface area contributed by atoms with Crippen molar-refractivity contribution in [3.05, 3.63) is 0 Å². The number of hydrogen-bond donors (Lipinski definition) is 25. The van der Waals surface area contributed by atoms with Crippen LogP contribution in [0.5, 0.6) is 0 Å². The maximum Gasteiger partial charge on any atom is 0.317 e. The van der Waals surface area contributed by atoms with E-state index in [2.05, 4.69) is 112 Å². The predicted molar refractivity (Wildman–Crippen MR) is 412 cm³/mol. The molecule has 1 rings (SSSR count). The lowest BCUT2D eigenvalue weighted by atomic mass is 10.0. The lowest BCUT2D eigenvalue weighted by Gasteiger charge is -2.28. The van der Waals surface area contributed by atoms with Gasteiger partial charge in [0.1, 0.15) is 0 Å². The minimum absolute atomic E-state index is 0.000105. The molecule has 22 amide bonds. The summed E-state index contributed by atoms with van der Waals surface area (Å²) in [5.74, 6) is -1.77. The van der Waals surface area contributed by atoms with Gasteiger partial charge in [-0.2, -0.15) is 0 Å². The normalized spacial score (nSPS) is 15.0. The Labute approximate surface area is 637 Å². The number of carbonyl (C=O) groups is 13. The summed E-state index contributed by atoms with van der Waals surface area (Å²) in [6.45, 7) is 22.5. The topological polar surface area (TPSA) is 570 Å². The van der Waals surface area contributed by atoms with Gasteiger partial charge in [-0.1, -0.05) is 68.2 Å². The highest BCUT2D eigenvalue weighted by atomic mass is 16.4. The molecule has 0 aromatic carbocycles. The van der Waals surface area contributed by atoms with Crippen LogP contribution in [0.1, 0.15) is 179 Å². The molecule has 0 aromatic rings. The summed E-state index contributed by atoms with van der Waals surface area (Å²) in [6, 6.07) is -11.4. The molecular weight excluding hydrogens is 1400 g/mol. The fraction of sp³-hybridized carbons (Fsp3) is 0.812. The number of urea groups is 11. The Morgan fingerprint density at radius 3 is 0.972 bits per heavy atom. The first-order valence-corrected chi connectivity index (χ1v) is 38.3. The van der Waals surface area contributed by atoms with Crippen LogP contribution in [0.3, 0.4) is 0 Å². The van der Waals surface area contributed by atoms with E-state index in [0.717, 1.165) is 0 Å². The Hall–Kier alpha value is -9.17. The average molecular weight is 1540 g/mol. The molecule has 0 aliphatic carbocycles. The van der Waals surface area contributed by atoms with Gasteiger partial charge in [0.25, 0.3) is 0 Å². The minimum Gasteiger partial charge on any atom is -0.481 e. The smallest absolute Gasteiger partial charge is 0.317 e. The highest BCUT2D eigenvalue weighted by Gasteiger charge is 2.31. The van der Waals surface area contributed by atoms with Crippen molar-refractivity contribution >= 4 is 78.3 Å². The number of carboxylic acid groups (broad SMARTS) is 2. The molecule has 622 valence electrons. The third-order valence-corrected chi connectivity index (χ3v) is 16.9. The summed E-state index contributed by atoms with van der Waals surface area (Å²) >= 11 is 0. The maximum absolute atomic E-state index is 13.8. The van der Waals surface area contributed by atoms with Crippen LogP contribution >= 0.6 is 0 Å². The highest BCUT2D eigenvalue weighted by Crippen LogP contribution is 2.17. The highest BCUT2D eigenvalue weighted by molar-refractivity contribution is 5.80. The first kappa shape index (κ1) is 96.8. The quantitative estimate of drug-likeness (QED) is 0.0385. The van der Waals surface area contributed by atoms with E-state index in [-0.39, 0.29) is 133 Å². The second-order valence-electron chi connectivity index (χ2n) is 29.7. The molecule has 0 bridgehead atoms. The van der Waals surface area contributed by atoms with Crippen LogP contribution < -0.4 is 123 Å². The third kappa shape index (κ3) is 50.4. The van der Waals surface area contributed by atoms with Crippen LogP contribution in [-0.4, -0.2) is 252 Å². The van der Waals surface area contributed by atoms with Crippen molar-refractivity contribution in [2.45, 2.75) is 245 Å². The lowest BCUT2D eigenvalue weighted by Crippen LogP contribution is -2.55. The van der Waals surface area contributed by atoms with Crippen molar-refractivity contribution in [2.24, 2.45) is 35.1 Å². The van der Waals surface area contributed by atoms with Crippen LogP contribution in [0, 0.1) is 23.7 Å². The molecule has 0 aromatic heterocycles. The molecule has 1 heterocycles. The Morgan fingerprint density at radius 1 is 0.352 bits per heavy atom. The molecule has 1 fully saturated rings. The third-order valence-electron chi connectivity index (χ3n) is 16.9. The molecule has 0 radical (unpaired) electrons. The van der Waals surface area contributed by atoms with Gasteiger partial charge in [-0.25, -0.2) is 52.7 Å². The molecular formula is C69H136N24O15. The van der Waals surface area contributed by atoms with Gasteiger partial charge in [-0.15, -0.1) is 0 Å². The van der Waals surface area contributed by atoms with Crippen LogP contribution in [0.15, 0.2) is 0 Å². The van der Waals surface area contributed by atoms with Crippen LogP contribution in [-0.2, 0) is 9.59 Å². The number of nitrogens with one attached hydrogen (secondary N) is 21. The van der Waals surface area contributed by atoms with Gasteiger partial charge < -0.3 is 138 Å². The van der Waals surface area contributed by atoms with E-state index in [1.165, 1.54) is 7.05 Å². The Morgan fingerprint density at radius 2 is 0.648 bits per heavy atom. The summed E-state index contributed by atoms with van der Waals surface area (Å²) in [6.07, 6.45) is 6.17. The van der Waals surface area contributed by atoms with E-state index in [1.807, 2.05) is 69.2 Å². The number of rotatable bonds is 52. The number of nitrogens with zero attached hydrogens (tertiary/aromatic N) is 1. The van der Waals surface area contributed by atoms with E-state index >= 15 is 0 Å². The molecule has 39 heteroatoms. The summed E-state index contributed by atoms with van der Waals surface area (Å²) in [7, 11) is 1.48. The van der Waals surface area contributed by atoms with Crippen molar-refractivity contribution < 1.29 is 72.5 Å². The predicted octanol–water partition coefficient (Wildman–Crippen LogP) is 1.70. The number of nitrogens with two attached hydrogens (primary N) is 2. The molecule has 0 saturated carbocycles. The number of carbonyl (C=O) groups excluding carboxylic acids is 11. The fourth-order valence-corrected chi connectivity index (χ4v) is 11.8. The number of amides is 22. The molecule has 108 heavy (non-hydrogen) atoms. The van der Waals surface area contributed by atoms with Crippen molar-refractivity contribution in [1.82, 2.24) is 117 Å². The van der Waals surface area contributed by atoms with Crippen molar-refractivity contribution in [3.63, 3.8) is 0 Å². The summed E-state index contributed by atoms with van der Waals surface area (Å²) < 4.78 is 0. The zero-order valence-electron chi connectivity index (χ0n) is 66.0. The standard InChI is InChI=1S/C69H136N24O15/c1-42(2)28-52(37-77-61(100)85-48(18-13-15-25-70)33-74-60(99)84-47(11)32-73-59(98)72-12)89-65(104)75-34-50(21-23-57(94)95)87-63(102)79-39-54(30-44(5)6)91-67(106)81-41-56-20-17-27-93(56)69(108)82-36-49(19-14-16-26-71)86-62(101)78-38-53(29-43(3)4)90-66(105)76-35-51(22-24-58(96)97)88-64(103)80-40-55(31-45(7)8)92-68(107)83-46(9)10/h42-56H,13-41,70-71H2,1-12H3,(H,82,108)(H,94,95)(H,96,97)(H2,72,73,98)(H2,74,84,99)(H2,75,89,104)(H2,76,90,105)(H2,77,85,100)(H2,78,86,101)(H2,79,87,102)(H2,80,88,103)(H2,81,91,106)(H2,83,92,107)/t47-,48-,49-,50-,51-,52?,53-,54?,55-,56-/m0/s1. The van der Waals surface area contributed by atoms with Gasteiger partial charge in [-0.3, -0.25) is 9.59 Å². The monoisotopic (exact) mass is 1540 g/mol. The lowest BCUT2D eigenvalue weighted by molar-refractivity contribution is -0.138. The molecule has 1 aliphatic heterocycles. The fourth-order valence-electron chi connectivity index (χ4n) is 11.8. The van der Waals surface area contributed by atoms with Crippen LogP contribution in [0.25, 0.3) is 0 Å². The molecule has 2 unspecified atom stereocenters. The molecule has 39 nitrogen and oxygen atoms in total. The largest absolute Gasteiger partial charge is 0.481 e. The van der Waals surface area contributed by atoms with E-state index < -0.39 is 127 Å². The number of aliphatic carboxylic acids is 2. The van der Waals surface area contributed by atoms with E-state index in [0.29, 0.717) is 96.7 Å². The van der Waals surface area contributed by atoms with Crippen LogP contribution in [0.4, 0.5) is 52.7 Å². The first-order valence-electron chi connectivity index (χ1n) is 38.3. The second-order valence-corrected chi connectivity index (χ2v) is 29.7. The molecule has 10 atom stereocenters. The number of carboxylic acids is 2. The van der Waals surface area contributed by atoms with E-state index in [9.17, 15) is 72.5 Å². The SMILES string of the molecule is CNC(=O)NC[C@H](C)NC(=O)NC[C@H](CCCCN)NC(=O)NCC(CC(C)C)NC(=O)NC[C@H](CCC(=O)O)NC(=O)NCC(CC(C)C)NC(=O)NC[C@@H]1CCCN1C(=O)NC[C@H](CCCCN)NC(=O)NC[C@H](CC(C)C)NC(=O)NC[C@H](CCC(=O)O)NC(=O)NC[C@H](CC(C)C)NC(=O)NC(C)C. The molecule has 0 spiro atoms. The van der Waals surface area contributed by atoms with Gasteiger partial charge in [-0.05, 0) is 135 Å². The Bertz CT molecular complexity index is 2700.